The van der Waals surface area contributed by atoms with Crippen molar-refractivity contribution >= 4 is 23.2 Å². The third-order valence-corrected chi connectivity index (χ3v) is 6.85. The minimum Gasteiger partial charge on any atom is -0.487 e. The smallest absolute Gasteiger partial charge is 0.258 e. The normalized spacial score (nSPS) is 20.8. The minimum absolute atomic E-state index is 0.112. The number of nitrogens with zero attached hydrogens (tertiary/aromatic N) is 4. The Bertz CT molecular complexity index is 1180. The maximum Gasteiger partial charge on any atom is 0.258 e. The third kappa shape index (κ3) is 3.46. The first-order valence-electron chi connectivity index (χ1n) is 10.7. The lowest BCUT2D eigenvalue weighted by Gasteiger charge is -2.29. The number of hydrogen-bond donors (Lipinski definition) is 1. The number of hydrogen-bond acceptors (Lipinski definition) is 5. The number of carbonyl (C=O) groups is 1. The molecule has 0 radical (unpaired) electrons. The quantitative estimate of drug-likeness (QED) is 0.669. The highest BCUT2D eigenvalue weighted by molar-refractivity contribution is 6.31. The Labute approximate surface area is 185 Å². The molecular formula is C23H25ClN4O3. The summed E-state index contributed by atoms with van der Waals surface area (Å²) in [5, 5.41) is 15.5. The van der Waals surface area contributed by atoms with Gasteiger partial charge in [0.1, 0.15) is 11.9 Å². The summed E-state index contributed by atoms with van der Waals surface area (Å²) in [6.07, 6.45) is 2.79. The number of aliphatic hydroxyl groups is 1. The second kappa shape index (κ2) is 7.80. The molecule has 2 aromatic heterocycles. The summed E-state index contributed by atoms with van der Waals surface area (Å²) in [5.74, 6) is 0.410. The van der Waals surface area contributed by atoms with Crippen LogP contribution in [0.3, 0.4) is 0 Å². The number of aromatic nitrogens is 3. The summed E-state index contributed by atoms with van der Waals surface area (Å²) in [5.41, 5.74) is 4.65. The van der Waals surface area contributed by atoms with Gasteiger partial charge in [0.05, 0.1) is 46.9 Å². The molecule has 2 atom stereocenters. The Hall–Kier alpha value is -2.64. The van der Waals surface area contributed by atoms with Crippen molar-refractivity contribution in [1.82, 2.24) is 19.5 Å². The molecule has 1 amide bonds. The van der Waals surface area contributed by atoms with Gasteiger partial charge in [0.25, 0.3) is 5.91 Å². The van der Waals surface area contributed by atoms with E-state index in [-0.39, 0.29) is 12.0 Å². The molecule has 0 saturated heterocycles. The highest BCUT2D eigenvalue weighted by Gasteiger charge is 2.32. The van der Waals surface area contributed by atoms with Gasteiger partial charge in [0.2, 0.25) is 0 Å². The summed E-state index contributed by atoms with van der Waals surface area (Å²) in [7, 11) is 0. The number of para-hydroxylation sites is 1. The van der Waals surface area contributed by atoms with Crippen molar-refractivity contribution in [3.63, 3.8) is 0 Å². The first kappa shape index (κ1) is 20.3. The largest absolute Gasteiger partial charge is 0.487 e. The van der Waals surface area contributed by atoms with Crippen LogP contribution in [0.4, 0.5) is 0 Å². The molecule has 5 rings (SSSR count). The number of halogens is 1. The standard InChI is InChI=1S/C23H25ClN4O3/c1-13-21(24)14(2)28-22(25-13)16-11-27(12-17(16)26-28)23(30)15-7-3-5-9-19(15)31-20-10-6-4-8-18(20)29/h3,5,7,9,18,20,29H,4,6,8,10-12H2,1-2H3/t18-,20-/m0/s1. The van der Waals surface area contributed by atoms with Gasteiger partial charge in [-0.1, -0.05) is 30.2 Å². The van der Waals surface area contributed by atoms with E-state index in [9.17, 15) is 9.90 Å². The molecule has 3 aromatic rings. The van der Waals surface area contributed by atoms with Crippen LogP contribution >= 0.6 is 11.6 Å². The summed E-state index contributed by atoms with van der Waals surface area (Å²) in [4.78, 5) is 19.8. The summed E-state index contributed by atoms with van der Waals surface area (Å²) in [6, 6.07) is 7.27. The predicted octanol–water partition coefficient (Wildman–Crippen LogP) is 3.84. The van der Waals surface area contributed by atoms with E-state index in [1.54, 1.807) is 21.5 Å². The maximum absolute atomic E-state index is 13.4. The number of aryl methyl sites for hydroxylation is 2. The van der Waals surface area contributed by atoms with Gasteiger partial charge in [0, 0.05) is 5.56 Å². The molecule has 1 N–H and O–H groups in total. The molecule has 2 aliphatic rings. The monoisotopic (exact) mass is 440 g/mol. The number of benzene rings is 1. The van der Waals surface area contributed by atoms with Crippen molar-refractivity contribution in [2.75, 3.05) is 0 Å². The summed E-state index contributed by atoms with van der Waals surface area (Å²) in [6.45, 7) is 4.64. The zero-order chi connectivity index (χ0) is 21.7. The van der Waals surface area contributed by atoms with E-state index >= 15 is 0 Å². The van der Waals surface area contributed by atoms with Crippen molar-refractivity contribution in [1.29, 1.82) is 0 Å². The topological polar surface area (TPSA) is 80.0 Å². The van der Waals surface area contributed by atoms with Crippen molar-refractivity contribution in [3.05, 3.63) is 57.5 Å². The third-order valence-electron chi connectivity index (χ3n) is 6.31. The Balaban J connectivity index is 1.41. The van der Waals surface area contributed by atoms with Crippen LogP contribution in [-0.2, 0) is 13.1 Å². The first-order valence-corrected chi connectivity index (χ1v) is 11.1. The first-order chi connectivity index (χ1) is 14.9. The van der Waals surface area contributed by atoms with Crippen LogP contribution in [0.5, 0.6) is 5.75 Å². The van der Waals surface area contributed by atoms with Crippen LogP contribution in [-0.4, -0.2) is 42.7 Å². The fraction of sp³-hybridized carbons (Fsp3) is 0.435. The Morgan fingerprint density at radius 2 is 1.97 bits per heavy atom. The van der Waals surface area contributed by atoms with Crippen molar-refractivity contribution < 1.29 is 14.6 Å². The van der Waals surface area contributed by atoms with Crippen LogP contribution in [0.15, 0.2) is 24.3 Å². The van der Waals surface area contributed by atoms with Crippen LogP contribution in [0.1, 0.15) is 58.7 Å². The predicted molar refractivity (Wildman–Crippen MR) is 116 cm³/mol. The molecule has 8 heteroatoms. The molecule has 1 saturated carbocycles. The Kier molecular flexibility index (Phi) is 5.10. The SMILES string of the molecule is Cc1nc2c3c(nn2c(C)c1Cl)CN(C(=O)c1ccccc1O[C@H]1CCCC[C@@H]1O)C3. The van der Waals surface area contributed by atoms with Crippen molar-refractivity contribution in [2.24, 2.45) is 0 Å². The lowest BCUT2D eigenvalue weighted by Crippen LogP contribution is -2.35. The molecule has 1 aromatic carbocycles. The number of ether oxygens (including phenoxy) is 1. The molecule has 1 aliphatic heterocycles. The molecule has 3 heterocycles. The average molecular weight is 441 g/mol. The Morgan fingerprint density at radius 3 is 2.77 bits per heavy atom. The van der Waals surface area contributed by atoms with Crippen LogP contribution in [0.25, 0.3) is 5.65 Å². The van der Waals surface area contributed by atoms with Gasteiger partial charge in [-0.3, -0.25) is 4.79 Å². The second-order valence-corrected chi connectivity index (χ2v) is 8.80. The van der Waals surface area contributed by atoms with E-state index in [1.807, 2.05) is 26.0 Å². The molecular weight excluding hydrogens is 416 g/mol. The fourth-order valence-corrected chi connectivity index (χ4v) is 4.67. The van der Waals surface area contributed by atoms with Crippen LogP contribution < -0.4 is 4.74 Å². The highest BCUT2D eigenvalue weighted by Crippen LogP contribution is 2.32. The molecule has 1 fully saturated rings. The number of fused-ring (bicyclic) bond motifs is 3. The summed E-state index contributed by atoms with van der Waals surface area (Å²) < 4.78 is 7.88. The molecule has 1 aliphatic carbocycles. The molecule has 162 valence electrons. The van der Waals surface area contributed by atoms with Gasteiger partial charge in [-0.05, 0) is 45.2 Å². The van der Waals surface area contributed by atoms with Gasteiger partial charge < -0.3 is 14.7 Å². The molecule has 0 unspecified atom stereocenters. The van der Waals surface area contributed by atoms with Gasteiger partial charge >= 0.3 is 0 Å². The fourth-order valence-electron chi connectivity index (χ4n) is 4.55. The molecule has 7 nitrogen and oxygen atoms in total. The maximum atomic E-state index is 13.4. The highest BCUT2D eigenvalue weighted by atomic mass is 35.5. The van der Waals surface area contributed by atoms with Crippen LogP contribution in [0.2, 0.25) is 5.02 Å². The molecule has 0 bridgehead atoms. The number of carbonyl (C=O) groups excluding carboxylic acids is 1. The Morgan fingerprint density at radius 1 is 1.19 bits per heavy atom. The van der Waals surface area contributed by atoms with E-state index in [0.717, 1.165) is 54.0 Å². The lowest BCUT2D eigenvalue weighted by atomic mass is 9.95. The van der Waals surface area contributed by atoms with Gasteiger partial charge in [0.15, 0.2) is 5.65 Å². The van der Waals surface area contributed by atoms with Crippen molar-refractivity contribution in [2.45, 2.75) is 64.8 Å². The van der Waals surface area contributed by atoms with E-state index in [4.69, 9.17) is 16.3 Å². The van der Waals surface area contributed by atoms with E-state index in [2.05, 4.69) is 10.1 Å². The number of amides is 1. The second-order valence-electron chi connectivity index (χ2n) is 8.42. The lowest BCUT2D eigenvalue weighted by molar-refractivity contribution is 0.00618. The average Bonchev–Trinajstić information content (AvgIpc) is 3.33. The zero-order valence-corrected chi connectivity index (χ0v) is 18.4. The molecule has 0 spiro atoms. The zero-order valence-electron chi connectivity index (χ0n) is 17.6. The van der Waals surface area contributed by atoms with E-state index in [1.165, 1.54) is 0 Å². The summed E-state index contributed by atoms with van der Waals surface area (Å²) >= 11 is 6.33. The van der Waals surface area contributed by atoms with Gasteiger partial charge in [-0.2, -0.15) is 5.10 Å². The van der Waals surface area contributed by atoms with Crippen LogP contribution in [0, 0.1) is 13.8 Å². The van der Waals surface area contributed by atoms with Gasteiger partial charge in [-0.25, -0.2) is 9.50 Å². The van der Waals surface area contributed by atoms with Gasteiger partial charge in [-0.15, -0.1) is 0 Å². The minimum atomic E-state index is -0.495. The van der Waals surface area contributed by atoms with Crippen molar-refractivity contribution in [3.8, 4) is 5.75 Å². The number of aliphatic hydroxyl groups excluding tert-OH is 1. The molecule has 31 heavy (non-hydrogen) atoms. The van der Waals surface area contributed by atoms with E-state index < -0.39 is 6.10 Å². The van der Waals surface area contributed by atoms with E-state index in [0.29, 0.717) is 29.4 Å². The number of rotatable bonds is 3.